The van der Waals surface area contributed by atoms with E-state index < -0.39 is 5.79 Å². The zero-order valence-electron chi connectivity index (χ0n) is 12.2. The fourth-order valence-corrected chi connectivity index (χ4v) is 2.99. The molecule has 18 heavy (non-hydrogen) atoms. The summed E-state index contributed by atoms with van der Waals surface area (Å²) in [5.74, 6) is 1.46. The van der Waals surface area contributed by atoms with Gasteiger partial charge >= 0.3 is 0 Å². The van der Waals surface area contributed by atoms with E-state index in [1.165, 1.54) is 32.1 Å². The van der Waals surface area contributed by atoms with Gasteiger partial charge in [0.2, 0.25) is 0 Å². The fourth-order valence-electron chi connectivity index (χ4n) is 2.99. The molecule has 1 saturated carbocycles. The van der Waals surface area contributed by atoms with E-state index >= 15 is 0 Å². The molecule has 1 N–H and O–H groups in total. The molecule has 1 saturated heterocycles. The molecule has 2 aliphatic rings. The van der Waals surface area contributed by atoms with E-state index in [-0.39, 0.29) is 0 Å². The first-order valence-electron chi connectivity index (χ1n) is 7.60. The van der Waals surface area contributed by atoms with Crippen LogP contribution in [0.3, 0.4) is 0 Å². The van der Waals surface area contributed by atoms with Crippen molar-refractivity contribution < 1.29 is 9.47 Å². The molecule has 0 amide bonds. The zero-order chi connectivity index (χ0) is 13.0. The van der Waals surface area contributed by atoms with Crippen LogP contribution in [-0.4, -0.2) is 31.6 Å². The van der Waals surface area contributed by atoms with Crippen LogP contribution in [0.25, 0.3) is 0 Å². The zero-order valence-corrected chi connectivity index (χ0v) is 12.2. The minimum atomic E-state index is -0.392. The molecule has 0 aromatic rings. The molecule has 0 atom stereocenters. The summed E-state index contributed by atoms with van der Waals surface area (Å²) in [6.45, 7) is 8.97. The average molecular weight is 255 g/mol. The lowest BCUT2D eigenvalue weighted by Crippen LogP contribution is -2.49. The quantitative estimate of drug-likeness (QED) is 0.838. The summed E-state index contributed by atoms with van der Waals surface area (Å²) < 4.78 is 11.3. The molecule has 3 nitrogen and oxygen atoms in total. The number of nitrogens with one attached hydrogen (secondary N) is 1. The van der Waals surface area contributed by atoms with Gasteiger partial charge in [0.1, 0.15) is 0 Å². The van der Waals surface area contributed by atoms with E-state index in [0.717, 1.165) is 31.6 Å². The van der Waals surface area contributed by atoms with Crippen molar-refractivity contribution in [1.29, 1.82) is 0 Å². The SMILES string of the molecule is CCC1CCC(CNC2COC(C)(C)OC2)CC1. The molecule has 3 heteroatoms. The van der Waals surface area contributed by atoms with Crippen LogP contribution in [0.2, 0.25) is 0 Å². The predicted octanol–water partition coefficient (Wildman–Crippen LogP) is 2.94. The molecule has 0 bridgehead atoms. The van der Waals surface area contributed by atoms with E-state index in [9.17, 15) is 0 Å². The Labute approximate surface area is 112 Å². The maximum atomic E-state index is 5.67. The largest absolute Gasteiger partial charge is 0.349 e. The molecule has 0 aromatic carbocycles. The summed E-state index contributed by atoms with van der Waals surface area (Å²) in [5, 5.41) is 3.61. The summed E-state index contributed by atoms with van der Waals surface area (Å²) in [6, 6.07) is 0.377. The second kappa shape index (κ2) is 6.36. The molecule has 106 valence electrons. The Kier molecular flexibility index (Phi) is 5.05. The normalized spacial score (nSPS) is 33.5. The molecule has 1 heterocycles. The molecule has 1 aliphatic heterocycles. The van der Waals surface area contributed by atoms with Crippen molar-refractivity contribution in [2.75, 3.05) is 19.8 Å². The van der Waals surface area contributed by atoms with Gasteiger partial charge in [-0.3, -0.25) is 0 Å². The third-order valence-corrected chi connectivity index (χ3v) is 4.50. The molecule has 1 aliphatic carbocycles. The molecule has 2 rings (SSSR count). The van der Waals surface area contributed by atoms with Gasteiger partial charge in [0.05, 0.1) is 19.3 Å². The van der Waals surface area contributed by atoms with E-state index in [1.807, 2.05) is 13.8 Å². The van der Waals surface area contributed by atoms with Crippen LogP contribution in [0.5, 0.6) is 0 Å². The second-order valence-electron chi connectivity index (χ2n) is 6.42. The van der Waals surface area contributed by atoms with Crippen LogP contribution >= 0.6 is 0 Å². The lowest BCUT2D eigenvalue weighted by molar-refractivity contribution is -0.253. The monoisotopic (exact) mass is 255 g/mol. The number of hydrogen-bond acceptors (Lipinski definition) is 3. The van der Waals surface area contributed by atoms with Gasteiger partial charge in [0.15, 0.2) is 5.79 Å². The summed E-state index contributed by atoms with van der Waals surface area (Å²) in [5.41, 5.74) is 0. The van der Waals surface area contributed by atoms with Crippen LogP contribution in [0, 0.1) is 11.8 Å². The summed E-state index contributed by atoms with van der Waals surface area (Å²) >= 11 is 0. The van der Waals surface area contributed by atoms with Gasteiger partial charge < -0.3 is 14.8 Å². The van der Waals surface area contributed by atoms with Crippen LogP contribution in [0.1, 0.15) is 52.9 Å². The molecular formula is C15H29NO2. The molecule has 0 spiro atoms. The van der Waals surface area contributed by atoms with Crippen molar-refractivity contribution in [1.82, 2.24) is 5.32 Å². The van der Waals surface area contributed by atoms with Gasteiger partial charge in [-0.15, -0.1) is 0 Å². The first-order valence-corrected chi connectivity index (χ1v) is 7.60. The van der Waals surface area contributed by atoms with E-state index in [4.69, 9.17) is 9.47 Å². The Bertz CT molecular complexity index is 237. The average Bonchev–Trinajstić information content (AvgIpc) is 2.38. The highest BCUT2D eigenvalue weighted by Gasteiger charge is 2.28. The summed E-state index contributed by atoms with van der Waals surface area (Å²) in [6.07, 6.45) is 7.00. The van der Waals surface area contributed by atoms with Gasteiger partial charge in [-0.2, -0.15) is 0 Å². The number of hydrogen-bond donors (Lipinski definition) is 1. The van der Waals surface area contributed by atoms with Crippen molar-refractivity contribution in [2.45, 2.75) is 64.7 Å². The maximum absolute atomic E-state index is 5.67. The molecule has 2 fully saturated rings. The van der Waals surface area contributed by atoms with Crippen LogP contribution < -0.4 is 5.32 Å². The topological polar surface area (TPSA) is 30.5 Å². The minimum Gasteiger partial charge on any atom is -0.349 e. The van der Waals surface area contributed by atoms with Crippen LogP contribution in [-0.2, 0) is 9.47 Å². The highest BCUT2D eigenvalue weighted by atomic mass is 16.7. The lowest BCUT2D eigenvalue weighted by Gasteiger charge is -2.36. The van der Waals surface area contributed by atoms with Crippen molar-refractivity contribution in [3.63, 3.8) is 0 Å². The predicted molar refractivity (Wildman–Crippen MR) is 73.5 cm³/mol. The Morgan fingerprint density at radius 1 is 1.00 bits per heavy atom. The Balaban J connectivity index is 1.61. The second-order valence-corrected chi connectivity index (χ2v) is 6.42. The maximum Gasteiger partial charge on any atom is 0.162 e. The molecular weight excluding hydrogens is 226 g/mol. The van der Waals surface area contributed by atoms with E-state index in [0.29, 0.717) is 6.04 Å². The van der Waals surface area contributed by atoms with Gasteiger partial charge in [-0.25, -0.2) is 0 Å². The van der Waals surface area contributed by atoms with E-state index in [2.05, 4.69) is 12.2 Å². The highest BCUT2D eigenvalue weighted by Crippen LogP contribution is 2.30. The van der Waals surface area contributed by atoms with Gasteiger partial charge in [0, 0.05) is 0 Å². The number of ether oxygens (including phenoxy) is 2. The molecule has 0 aromatic heterocycles. The first kappa shape index (κ1) is 14.3. The van der Waals surface area contributed by atoms with Crippen molar-refractivity contribution in [3.05, 3.63) is 0 Å². The summed E-state index contributed by atoms with van der Waals surface area (Å²) in [7, 11) is 0. The minimum absolute atomic E-state index is 0.377. The van der Waals surface area contributed by atoms with Crippen molar-refractivity contribution >= 4 is 0 Å². The van der Waals surface area contributed by atoms with Crippen molar-refractivity contribution in [2.24, 2.45) is 11.8 Å². The Morgan fingerprint density at radius 3 is 2.11 bits per heavy atom. The third kappa shape index (κ3) is 4.22. The smallest absolute Gasteiger partial charge is 0.162 e. The van der Waals surface area contributed by atoms with Gasteiger partial charge in [-0.05, 0) is 45.1 Å². The van der Waals surface area contributed by atoms with Crippen molar-refractivity contribution in [3.8, 4) is 0 Å². The first-order chi connectivity index (χ1) is 8.59. The highest BCUT2D eigenvalue weighted by molar-refractivity contribution is 4.78. The Hall–Kier alpha value is -0.120. The Morgan fingerprint density at radius 2 is 1.56 bits per heavy atom. The van der Waals surface area contributed by atoms with Gasteiger partial charge in [0.25, 0.3) is 0 Å². The lowest BCUT2D eigenvalue weighted by atomic mass is 9.81. The van der Waals surface area contributed by atoms with Crippen LogP contribution in [0.4, 0.5) is 0 Å². The third-order valence-electron chi connectivity index (χ3n) is 4.50. The summed E-state index contributed by atoms with van der Waals surface area (Å²) in [4.78, 5) is 0. The van der Waals surface area contributed by atoms with E-state index in [1.54, 1.807) is 0 Å². The van der Waals surface area contributed by atoms with Crippen LogP contribution in [0.15, 0.2) is 0 Å². The standard InChI is InChI=1S/C15H29NO2/c1-4-12-5-7-13(8-6-12)9-16-14-10-17-15(2,3)18-11-14/h12-14,16H,4-11H2,1-3H3. The number of rotatable bonds is 4. The molecule has 0 unspecified atom stereocenters. The van der Waals surface area contributed by atoms with Gasteiger partial charge in [-0.1, -0.05) is 26.2 Å². The molecule has 0 radical (unpaired) electrons. The fraction of sp³-hybridized carbons (Fsp3) is 1.00.